The molecule has 0 heterocycles. The lowest BCUT2D eigenvalue weighted by molar-refractivity contribution is -0.130. The molecule has 2 rings (SSSR count). The number of carbonyl (C=O) groups excluding carboxylic acids is 2. The minimum atomic E-state index is -3.79. The molecule has 8 nitrogen and oxygen atoms in total. The van der Waals surface area contributed by atoms with Crippen LogP contribution in [0.15, 0.2) is 29.2 Å². The normalized spacial score (nSPS) is 21.2. The number of nitrogens with one attached hydrogen (secondary N) is 1. The number of nitrogens with zero attached hydrogens (tertiary/aromatic N) is 1. The summed E-state index contributed by atoms with van der Waals surface area (Å²) in [5, 5.41) is 2.96. The zero-order valence-electron chi connectivity index (χ0n) is 16.7. The standard InChI is InChI=1S/C19H28N2O6S/c1-13-7-5-6-8-17(13)20-18(22)14(2)27-19(23)15-9-11-16(12-10-15)28(24,25)21(3)26-4/h9-14,17H,5-8H2,1-4H3,(H,20,22)/t13-,14-,17-/m1/s1. The quantitative estimate of drug-likeness (QED) is 0.544. The van der Waals surface area contributed by atoms with Crippen LogP contribution < -0.4 is 5.32 Å². The van der Waals surface area contributed by atoms with Gasteiger partial charge in [-0.25, -0.2) is 13.2 Å². The van der Waals surface area contributed by atoms with Crippen LogP contribution in [0.5, 0.6) is 0 Å². The van der Waals surface area contributed by atoms with Crippen molar-refractivity contribution >= 4 is 21.9 Å². The van der Waals surface area contributed by atoms with Crippen LogP contribution in [0.3, 0.4) is 0 Å². The molecule has 1 aromatic carbocycles. The SMILES string of the molecule is CON(C)S(=O)(=O)c1ccc(C(=O)O[C@H](C)C(=O)N[C@@H]2CCCC[C@H]2C)cc1. The molecule has 156 valence electrons. The number of hydrogen-bond acceptors (Lipinski definition) is 6. The van der Waals surface area contributed by atoms with Crippen molar-refractivity contribution in [3.05, 3.63) is 29.8 Å². The molecule has 1 N–H and O–H groups in total. The van der Waals surface area contributed by atoms with Crippen LogP contribution in [0, 0.1) is 5.92 Å². The van der Waals surface area contributed by atoms with Crippen molar-refractivity contribution in [2.75, 3.05) is 14.2 Å². The smallest absolute Gasteiger partial charge is 0.338 e. The van der Waals surface area contributed by atoms with Crippen LogP contribution in [0.1, 0.15) is 49.9 Å². The van der Waals surface area contributed by atoms with E-state index in [4.69, 9.17) is 9.57 Å². The molecule has 0 saturated heterocycles. The Hall–Kier alpha value is -1.97. The van der Waals surface area contributed by atoms with Crippen LogP contribution in [0.2, 0.25) is 0 Å². The van der Waals surface area contributed by atoms with Gasteiger partial charge in [0, 0.05) is 13.1 Å². The number of sulfonamides is 1. The molecular formula is C19H28N2O6S. The van der Waals surface area contributed by atoms with E-state index in [0.717, 1.165) is 23.7 Å². The topological polar surface area (TPSA) is 102 Å². The molecular weight excluding hydrogens is 384 g/mol. The number of carbonyl (C=O) groups is 2. The molecule has 28 heavy (non-hydrogen) atoms. The van der Waals surface area contributed by atoms with Gasteiger partial charge in [0.15, 0.2) is 6.10 Å². The summed E-state index contributed by atoms with van der Waals surface area (Å²) in [4.78, 5) is 29.3. The van der Waals surface area contributed by atoms with E-state index in [0.29, 0.717) is 5.92 Å². The average molecular weight is 413 g/mol. The highest BCUT2D eigenvalue weighted by Crippen LogP contribution is 2.24. The summed E-state index contributed by atoms with van der Waals surface area (Å²) in [6.45, 7) is 3.63. The van der Waals surface area contributed by atoms with Gasteiger partial charge in [-0.05, 0) is 49.9 Å². The molecule has 1 aliphatic carbocycles. The Kier molecular flexibility index (Phi) is 7.56. The molecule has 1 saturated carbocycles. The number of rotatable bonds is 7. The van der Waals surface area contributed by atoms with E-state index in [1.165, 1.54) is 51.8 Å². The Bertz CT molecular complexity index is 793. The largest absolute Gasteiger partial charge is 0.449 e. The van der Waals surface area contributed by atoms with Crippen molar-refractivity contribution in [1.82, 2.24) is 9.79 Å². The molecule has 3 atom stereocenters. The number of hydroxylamine groups is 1. The zero-order valence-corrected chi connectivity index (χ0v) is 17.5. The van der Waals surface area contributed by atoms with Gasteiger partial charge in [-0.15, -0.1) is 0 Å². The maximum atomic E-state index is 12.3. The maximum absolute atomic E-state index is 12.3. The summed E-state index contributed by atoms with van der Waals surface area (Å²) in [6.07, 6.45) is 3.32. The summed E-state index contributed by atoms with van der Waals surface area (Å²) in [7, 11) is -1.29. The summed E-state index contributed by atoms with van der Waals surface area (Å²) < 4.78 is 30.3. The molecule has 0 unspecified atom stereocenters. The maximum Gasteiger partial charge on any atom is 0.338 e. The van der Waals surface area contributed by atoms with E-state index in [2.05, 4.69) is 12.2 Å². The molecule has 0 bridgehead atoms. The third-order valence-corrected chi connectivity index (χ3v) is 6.77. The highest BCUT2D eigenvalue weighted by molar-refractivity contribution is 7.89. The van der Waals surface area contributed by atoms with E-state index in [-0.39, 0.29) is 22.4 Å². The van der Waals surface area contributed by atoms with Crippen LogP contribution in [0.4, 0.5) is 0 Å². The van der Waals surface area contributed by atoms with Gasteiger partial charge in [-0.2, -0.15) is 0 Å². The first kappa shape index (κ1) is 22.3. The van der Waals surface area contributed by atoms with Crippen LogP contribution in [0.25, 0.3) is 0 Å². The monoisotopic (exact) mass is 412 g/mol. The van der Waals surface area contributed by atoms with Gasteiger partial charge >= 0.3 is 5.97 Å². The van der Waals surface area contributed by atoms with E-state index in [1.807, 2.05) is 0 Å². The van der Waals surface area contributed by atoms with Crippen LogP contribution in [-0.2, 0) is 24.4 Å². The van der Waals surface area contributed by atoms with Gasteiger partial charge in [-0.3, -0.25) is 9.63 Å². The van der Waals surface area contributed by atoms with Gasteiger partial charge in [-0.1, -0.05) is 24.2 Å². The Morgan fingerprint density at radius 2 is 1.79 bits per heavy atom. The number of esters is 1. The van der Waals surface area contributed by atoms with Gasteiger partial charge in [0.25, 0.3) is 15.9 Å². The first-order valence-corrected chi connectivity index (χ1v) is 10.7. The lowest BCUT2D eigenvalue weighted by atomic mass is 9.86. The van der Waals surface area contributed by atoms with Gasteiger partial charge < -0.3 is 10.1 Å². The molecule has 0 radical (unpaired) electrons. The van der Waals surface area contributed by atoms with E-state index in [1.54, 1.807) is 0 Å². The lowest BCUT2D eigenvalue weighted by Crippen LogP contribution is -2.45. The molecule has 1 fully saturated rings. The lowest BCUT2D eigenvalue weighted by Gasteiger charge is -2.30. The highest BCUT2D eigenvalue weighted by atomic mass is 32.2. The Balaban J connectivity index is 1.97. The van der Waals surface area contributed by atoms with Crippen molar-refractivity contribution in [1.29, 1.82) is 0 Å². The second-order valence-electron chi connectivity index (χ2n) is 7.05. The minimum Gasteiger partial charge on any atom is -0.449 e. The molecule has 1 aromatic rings. The Morgan fingerprint density at radius 1 is 1.18 bits per heavy atom. The number of ether oxygens (including phenoxy) is 1. The second-order valence-corrected chi connectivity index (χ2v) is 8.98. The number of hydrogen-bond donors (Lipinski definition) is 1. The number of benzene rings is 1. The molecule has 0 aliphatic heterocycles. The van der Waals surface area contributed by atoms with Crippen molar-refractivity contribution in [3.63, 3.8) is 0 Å². The van der Waals surface area contributed by atoms with Crippen molar-refractivity contribution in [2.45, 2.75) is 56.6 Å². The third kappa shape index (κ3) is 5.30. The second kappa shape index (κ2) is 9.49. The average Bonchev–Trinajstić information content (AvgIpc) is 2.68. The summed E-state index contributed by atoms with van der Waals surface area (Å²) in [6, 6.07) is 5.36. The Morgan fingerprint density at radius 3 is 2.36 bits per heavy atom. The van der Waals surface area contributed by atoms with Crippen molar-refractivity contribution < 1.29 is 27.6 Å². The first-order chi connectivity index (χ1) is 13.2. The van der Waals surface area contributed by atoms with Gasteiger partial charge in [0.2, 0.25) is 0 Å². The highest BCUT2D eigenvalue weighted by Gasteiger charge is 2.27. The van der Waals surface area contributed by atoms with Crippen LogP contribution in [-0.4, -0.2) is 51.1 Å². The van der Waals surface area contributed by atoms with Crippen molar-refractivity contribution in [3.8, 4) is 0 Å². The van der Waals surface area contributed by atoms with Gasteiger partial charge in [0.05, 0.1) is 17.6 Å². The molecule has 1 aliphatic rings. The van der Waals surface area contributed by atoms with E-state index >= 15 is 0 Å². The summed E-state index contributed by atoms with van der Waals surface area (Å²) in [5.74, 6) is -0.614. The molecule has 1 amide bonds. The fourth-order valence-electron chi connectivity index (χ4n) is 3.12. The fraction of sp³-hybridized carbons (Fsp3) is 0.579. The van der Waals surface area contributed by atoms with E-state index < -0.39 is 22.1 Å². The number of amides is 1. The van der Waals surface area contributed by atoms with E-state index in [9.17, 15) is 18.0 Å². The zero-order chi connectivity index (χ0) is 20.9. The molecule has 0 aromatic heterocycles. The molecule has 9 heteroatoms. The molecule has 0 spiro atoms. The Labute approximate surface area is 166 Å². The predicted octanol–water partition coefficient (Wildman–Crippen LogP) is 2.11. The predicted molar refractivity (Wildman–Crippen MR) is 103 cm³/mol. The minimum absolute atomic E-state index is 0.0227. The fourth-order valence-corrected chi connectivity index (χ4v) is 4.10. The summed E-state index contributed by atoms with van der Waals surface area (Å²) in [5.41, 5.74) is 0.157. The van der Waals surface area contributed by atoms with Crippen LogP contribution >= 0.6 is 0 Å². The van der Waals surface area contributed by atoms with Gasteiger partial charge in [0.1, 0.15) is 0 Å². The first-order valence-electron chi connectivity index (χ1n) is 9.31. The van der Waals surface area contributed by atoms with Crippen molar-refractivity contribution in [2.24, 2.45) is 5.92 Å². The summed E-state index contributed by atoms with van der Waals surface area (Å²) >= 11 is 0. The third-order valence-electron chi connectivity index (χ3n) is 5.08.